The van der Waals surface area contributed by atoms with Gasteiger partial charge in [-0.05, 0) is 68.5 Å². The van der Waals surface area contributed by atoms with Gasteiger partial charge in [0.15, 0.2) is 5.95 Å². The van der Waals surface area contributed by atoms with Gasteiger partial charge in [0.25, 0.3) is 0 Å². The molecule has 0 radical (unpaired) electrons. The molecule has 1 saturated carbocycles. The Morgan fingerprint density at radius 2 is 2.23 bits per heavy atom. The minimum absolute atomic E-state index is 0.414. The van der Waals surface area contributed by atoms with Crippen LogP contribution in [0.1, 0.15) is 43.2 Å². The molecule has 4 heteroatoms. The Balaban J connectivity index is 1.76. The van der Waals surface area contributed by atoms with E-state index in [1.807, 2.05) is 0 Å². The number of nitrogens with zero attached hydrogens (tertiary/aromatic N) is 2. The highest BCUT2D eigenvalue weighted by Gasteiger charge is 2.53. The Morgan fingerprint density at radius 1 is 1.32 bits per heavy atom. The minimum Gasteiger partial charge on any atom is -0.369 e. The maximum absolute atomic E-state index is 5.87. The molecular weight excluding hydrogens is 272 g/mol. The van der Waals surface area contributed by atoms with Crippen LogP contribution < -0.4 is 5.73 Å². The van der Waals surface area contributed by atoms with Gasteiger partial charge in [-0.15, -0.1) is 0 Å². The number of benzene rings is 1. The predicted octanol–water partition coefficient (Wildman–Crippen LogP) is 2.83. The van der Waals surface area contributed by atoms with Crippen LogP contribution in [-0.2, 0) is 11.8 Å². The maximum Gasteiger partial charge on any atom is 0.198 e. The van der Waals surface area contributed by atoms with E-state index in [1.165, 1.54) is 50.6 Å². The van der Waals surface area contributed by atoms with Crippen LogP contribution in [0.25, 0.3) is 11.0 Å². The van der Waals surface area contributed by atoms with Crippen molar-refractivity contribution in [2.24, 2.45) is 5.92 Å². The molecule has 2 aliphatic carbocycles. The molecule has 5 rings (SSSR count). The second-order valence-corrected chi connectivity index (χ2v) is 7.66. The molecule has 4 nitrogen and oxygen atoms in total. The van der Waals surface area contributed by atoms with E-state index in [1.54, 1.807) is 5.56 Å². The number of imidazole rings is 1. The summed E-state index contributed by atoms with van der Waals surface area (Å²) in [5.41, 5.74) is 11.6. The van der Waals surface area contributed by atoms with Crippen molar-refractivity contribution in [3.8, 4) is 0 Å². The van der Waals surface area contributed by atoms with E-state index in [4.69, 9.17) is 5.73 Å². The highest BCUT2D eigenvalue weighted by molar-refractivity contribution is 5.80. The van der Waals surface area contributed by atoms with Gasteiger partial charge in [-0.25, -0.2) is 4.98 Å². The third-order valence-corrected chi connectivity index (χ3v) is 6.73. The lowest BCUT2D eigenvalue weighted by Crippen LogP contribution is -2.59. The lowest BCUT2D eigenvalue weighted by molar-refractivity contribution is 0.00298. The van der Waals surface area contributed by atoms with Crippen molar-refractivity contribution in [2.75, 3.05) is 19.3 Å². The van der Waals surface area contributed by atoms with Gasteiger partial charge in [0.2, 0.25) is 0 Å². The number of hydrogen-bond donors (Lipinski definition) is 2. The van der Waals surface area contributed by atoms with Crippen LogP contribution in [0.5, 0.6) is 0 Å². The van der Waals surface area contributed by atoms with Crippen molar-refractivity contribution in [3.63, 3.8) is 0 Å². The van der Waals surface area contributed by atoms with E-state index >= 15 is 0 Å². The summed E-state index contributed by atoms with van der Waals surface area (Å²) in [5, 5.41) is 0. The normalized spacial score (nSPS) is 34.4. The SMILES string of the molecule is CN1CC[C@]23CCCC[C@H]2[C@H]1Cc1cc2nc(N)[nH]c2cc13. The molecule has 3 aliphatic rings. The van der Waals surface area contributed by atoms with E-state index < -0.39 is 0 Å². The van der Waals surface area contributed by atoms with Crippen molar-refractivity contribution in [3.05, 3.63) is 23.3 Å². The molecule has 0 amide bonds. The zero-order chi connectivity index (χ0) is 14.9. The zero-order valence-electron chi connectivity index (χ0n) is 13.2. The topological polar surface area (TPSA) is 57.9 Å². The summed E-state index contributed by atoms with van der Waals surface area (Å²) in [4.78, 5) is 10.3. The number of nitrogens with two attached hydrogens (primary N) is 1. The monoisotopic (exact) mass is 296 g/mol. The van der Waals surface area contributed by atoms with E-state index in [0.29, 0.717) is 11.4 Å². The summed E-state index contributed by atoms with van der Waals surface area (Å²) in [7, 11) is 2.32. The van der Waals surface area contributed by atoms with E-state index in [0.717, 1.165) is 23.0 Å². The van der Waals surface area contributed by atoms with Crippen LogP contribution in [0.15, 0.2) is 12.1 Å². The van der Waals surface area contributed by atoms with Gasteiger partial charge in [0.1, 0.15) is 0 Å². The van der Waals surface area contributed by atoms with E-state index in [-0.39, 0.29) is 0 Å². The van der Waals surface area contributed by atoms with Gasteiger partial charge >= 0.3 is 0 Å². The summed E-state index contributed by atoms with van der Waals surface area (Å²) >= 11 is 0. The first-order chi connectivity index (χ1) is 10.7. The average molecular weight is 296 g/mol. The number of fused-ring (bicyclic) bond motifs is 2. The molecule has 2 fully saturated rings. The highest BCUT2D eigenvalue weighted by atomic mass is 15.2. The first kappa shape index (κ1) is 12.9. The number of likely N-dealkylation sites (tertiary alicyclic amines) is 1. The first-order valence-corrected chi connectivity index (χ1v) is 8.66. The third-order valence-electron chi connectivity index (χ3n) is 6.73. The Hall–Kier alpha value is -1.55. The van der Waals surface area contributed by atoms with Gasteiger partial charge in [-0.2, -0.15) is 0 Å². The van der Waals surface area contributed by atoms with Gasteiger partial charge in [-0.3, -0.25) is 0 Å². The molecule has 2 aromatic rings. The van der Waals surface area contributed by atoms with E-state index in [9.17, 15) is 0 Å². The smallest absolute Gasteiger partial charge is 0.198 e. The number of aromatic nitrogens is 2. The molecule has 0 unspecified atom stereocenters. The molecule has 22 heavy (non-hydrogen) atoms. The van der Waals surface area contributed by atoms with Crippen LogP contribution in [0.2, 0.25) is 0 Å². The number of likely N-dealkylation sites (N-methyl/N-ethyl adjacent to an activating group) is 1. The van der Waals surface area contributed by atoms with Crippen molar-refractivity contribution >= 4 is 17.0 Å². The molecule has 1 aromatic heterocycles. The van der Waals surface area contributed by atoms with Gasteiger partial charge < -0.3 is 15.6 Å². The van der Waals surface area contributed by atoms with Crippen molar-refractivity contribution in [1.29, 1.82) is 0 Å². The Morgan fingerprint density at radius 3 is 3.14 bits per heavy atom. The van der Waals surface area contributed by atoms with Crippen LogP contribution in [0, 0.1) is 5.92 Å². The van der Waals surface area contributed by atoms with Crippen LogP contribution in [0.3, 0.4) is 0 Å². The third kappa shape index (κ3) is 1.54. The molecule has 2 bridgehead atoms. The average Bonchev–Trinajstić information content (AvgIpc) is 2.88. The van der Waals surface area contributed by atoms with Crippen LogP contribution >= 0.6 is 0 Å². The Bertz CT molecular complexity index is 749. The number of nitrogens with one attached hydrogen (secondary N) is 1. The molecule has 2 heterocycles. The fraction of sp³-hybridized carbons (Fsp3) is 0.611. The minimum atomic E-state index is 0.414. The Kier molecular flexibility index (Phi) is 2.50. The quantitative estimate of drug-likeness (QED) is 0.786. The molecule has 1 aliphatic heterocycles. The number of nitrogen functional groups attached to an aromatic ring is 1. The van der Waals surface area contributed by atoms with Crippen LogP contribution in [-0.4, -0.2) is 34.5 Å². The number of piperidine rings is 1. The van der Waals surface area contributed by atoms with Gasteiger partial charge in [0, 0.05) is 11.5 Å². The maximum atomic E-state index is 5.87. The second kappa shape index (κ2) is 4.25. The van der Waals surface area contributed by atoms with E-state index in [2.05, 4.69) is 34.0 Å². The summed E-state index contributed by atoms with van der Waals surface area (Å²) in [6.45, 7) is 1.24. The number of H-pyrrole nitrogens is 1. The number of aromatic amines is 1. The molecule has 1 aromatic carbocycles. The number of anilines is 1. The fourth-order valence-corrected chi connectivity index (χ4v) is 5.73. The molecule has 3 atom stereocenters. The van der Waals surface area contributed by atoms with Gasteiger partial charge in [-0.1, -0.05) is 12.8 Å². The van der Waals surface area contributed by atoms with Crippen molar-refractivity contribution < 1.29 is 0 Å². The lowest BCUT2D eigenvalue weighted by Gasteiger charge is -2.58. The first-order valence-electron chi connectivity index (χ1n) is 8.66. The standard InChI is InChI=1S/C18H24N4/c1-22-7-6-18-5-3-2-4-12(18)16(22)9-11-8-14-15(10-13(11)18)21-17(19)20-14/h8,10,12,16H,2-7,9H2,1H3,(H3,19,20,21)/t12-,16+,18+/m0/s1. The molecule has 3 N–H and O–H groups in total. The zero-order valence-corrected chi connectivity index (χ0v) is 13.2. The predicted molar refractivity (Wildman–Crippen MR) is 88.9 cm³/mol. The fourth-order valence-electron chi connectivity index (χ4n) is 5.73. The summed E-state index contributed by atoms with van der Waals surface area (Å²) in [6.07, 6.45) is 8.05. The largest absolute Gasteiger partial charge is 0.369 e. The summed E-state index contributed by atoms with van der Waals surface area (Å²) in [6, 6.07) is 5.40. The van der Waals surface area contributed by atoms with Crippen molar-refractivity contribution in [2.45, 2.75) is 50.0 Å². The van der Waals surface area contributed by atoms with Crippen LogP contribution in [0.4, 0.5) is 5.95 Å². The Labute approximate surface area is 131 Å². The summed E-state index contributed by atoms with van der Waals surface area (Å²) in [5.74, 6) is 1.38. The molecule has 0 spiro atoms. The molecule has 1 saturated heterocycles. The molecular formula is C18H24N4. The number of rotatable bonds is 0. The lowest BCUT2D eigenvalue weighted by atomic mass is 9.52. The molecule has 116 valence electrons. The number of hydrogen-bond acceptors (Lipinski definition) is 3. The van der Waals surface area contributed by atoms with Gasteiger partial charge in [0.05, 0.1) is 11.0 Å². The van der Waals surface area contributed by atoms with Crippen molar-refractivity contribution in [1.82, 2.24) is 14.9 Å². The highest BCUT2D eigenvalue weighted by Crippen LogP contribution is 2.55. The second-order valence-electron chi connectivity index (χ2n) is 7.66. The summed E-state index contributed by atoms with van der Waals surface area (Å²) < 4.78 is 0.